The van der Waals surface area contributed by atoms with Gasteiger partial charge in [-0.05, 0) is 54.1 Å². The van der Waals surface area contributed by atoms with E-state index in [2.05, 4.69) is 5.32 Å². The molecule has 2 aromatic heterocycles. The van der Waals surface area contributed by atoms with E-state index in [0.717, 1.165) is 28.9 Å². The predicted molar refractivity (Wildman–Crippen MR) is 103 cm³/mol. The number of anilines is 1. The Morgan fingerprint density at radius 3 is 2.29 bits per heavy atom. The minimum atomic E-state index is -3.99. The average molecular weight is 398 g/mol. The zero-order valence-corrected chi connectivity index (χ0v) is 15.5. The van der Waals surface area contributed by atoms with Gasteiger partial charge in [0.2, 0.25) is 9.84 Å². The first-order chi connectivity index (χ1) is 13.4. The van der Waals surface area contributed by atoms with Gasteiger partial charge in [0.05, 0.1) is 15.5 Å². The lowest BCUT2D eigenvalue weighted by atomic mass is 10.2. The molecule has 2 aromatic carbocycles. The average Bonchev–Trinajstić information content (AvgIpc) is 3.14. The third kappa shape index (κ3) is 3.61. The molecule has 28 heavy (non-hydrogen) atoms. The molecule has 2 heterocycles. The topological polar surface area (TPSA) is 50.6 Å². The SMILES string of the molecule is O=S(=O)(c1ccc(CNc2ccc3cccn3c2)cc1)c1cc(F)cc(F)c1. The van der Waals surface area contributed by atoms with Gasteiger partial charge in [0, 0.05) is 30.5 Å². The number of halogens is 2. The molecular weight excluding hydrogens is 382 g/mol. The van der Waals surface area contributed by atoms with Crippen LogP contribution in [0.3, 0.4) is 0 Å². The number of sulfone groups is 1. The Labute approximate surface area is 161 Å². The second kappa shape index (κ2) is 7.09. The summed E-state index contributed by atoms with van der Waals surface area (Å²) in [7, 11) is -3.99. The number of hydrogen-bond acceptors (Lipinski definition) is 3. The highest BCUT2D eigenvalue weighted by Gasteiger charge is 2.19. The molecule has 0 aliphatic rings. The Morgan fingerprint density at radius 1 is 0.857 bits per heavy atom. The quantitative estimate of drug-likeness (QED) is 0.532. The highest BCUT2D eigenvalue weighted by Crippen LogP contribution is 2.23. The molecule has 0 saturated carbocycles. The molecule has 0 radical (unpaired) electrons. The third-order valence-corrected chi connectivity index (χ3v) is 6.15. The molecule has 0 atom stereocenters. The van der Waals surface area contributed by atoms with Gasteiger partial charge in [0.1, 0.15) is 11.6 Å². The molecule has 142 valence electrons. The zero-order chi connectivity index (χ0) is 19.7. The van der Waals surface area contributed by atoms with Crippen molar-refractivity contribution < 1.29 is 17.2 Å². The fraction of sp³-hybridized carbons (Fsp3) is 0.0476. The second-order valence-corrected chi connectivity index (χ2v) is 8.31. The van der Waals surface area contributed by atoms with E-state index in [4.69, 9.17) is 0 Å². The number of nitrogens with one attached hydrogen (secondary N) is 1. The fourth-order valence-corrected chi connectivity index (χ4v) is 4.25. The van der Waals surface area contributed by atoms with Crippen LogP contribution in [0.4, 0.5) is 14.5 Å². The first-order valence-corrected chi connectivity index (χ1v) is 10.0. The highest BCUT2D eigenvalue weighted by atomic mass is 32.2. The fourth-order valence-electron chi connectivity index (χ4n) is 2.95. The Bertz CT molecular complexity index is 1230. The Kier molecular flexibility index (Phi) is 4.60. The number of nitrogens with zero attached hydrogens (tertiary/aromatic N) is 1. The number of rotatable bonds is 5. The number of hydrogen-bond donors (Lipinski definition) is 1. The molecule has 0 spiro atoms. The lowest BCUT2D eigenvalue weighted by Crippen LogP contribution is -2.04. The molecule has 4 aromatic rings. The zero-order valence-electron chi connectivity index (χ0n) is 14.6. The van der Waals surface area contributed by atoms with Crippen molar-refractivity contribution in [2.75, 3.05) is 5.32 Å². The summed E-state index contributed by atoms with van der Waals surface area (Å²) in [5.41, 5.74) is 2.89. The smallest absolute Gasteiger partial charge is 0.206 e. The minimum Gasteiger partial charge on any atom is -0.380 e. The summed E-state index contributed by atoms with van der Waals surface area (Å²) in [4.78, 5) is -0.425. The summed E-state index contributed by atoms with van der Waals surface area (Å²) < 4.78 is 53.9. The van der Waals surface area contributed by atoms with E-state index in [1.165, 1.54) is 12.1 Å². The van der Waals surface area contributed by atoms with Gasteiger partial charge in [0.15, 0.2) is 0 Å². The van der Waals surface area contributed by atoms with Crippen molar-refractivity contribution in [2.24, 2.45) is 0 Å². The van der Waals surface area contributed by atoms with E-state index >= 15 is 0 Å². The lowest BCUT2D eigenvalue weighted by molar-refractivity contribution is 0.567. The summed E-state index contributed by atoms with van der Waals surface area (Å²) in [6.45, 7) is 0.502. The van der Waals surface area contributed by atoms with Gasteiger partial charge >= 0.3 is 0 Å². The monoisotopic (exact) mass is 398 g/mol. The van der Waals surface area contributed by atoms with Crippen LogP contribution in [0, 0.1) is 11.6 Å². The molecular formula is C21H16F2N2O2S. The summed E-state index contributed by atoms with van der Waals surface area (Å²) in [5, 5.41) is 3.28. The Hall–Kier alpha value is -3.19. The van der Waals surface area contributed by atoms with Crippen LogP contribution in [-0.4, -0.2) is 12.8 Å². The number of benzene rings is 2. The van der Waals surface area contributed by atoms with E-state index in [1.807, 2.05) is 41.1 Å². The van der Waals surface area contributed by atoms with E-state index < -0.39 is 26.4 Å². The van der Waals surface area contributed by atoms with E-state index in [0.29, 0.717) is 12.6 Å². The van der Waals surface area contributed by atoms with Gasteiger partial charge in [-0.2, -0.15) is 0 Å². The van der Waals surface area contributed by atoms with Gasteiger partial charge in [-0.15, -0.1) is 0 Å². The summed E-state index contributed by atoms with van der Waals surface area (Å²) in [5.74, 6) is -1.86. The number of fused-ring (bicyclic) bond motifs is 1. The standard InChI is InChI=1S/C21H16F2N2O2S/c22-16-10-17(23)12-21(11-16)28(26,27)20-7-3-15(4-8-20)13-24-18-5-6-19-2-1-9-25(19)14-18/h1-12,14,24H,13H2. The maximum Gasteiger partial charge on any atom is 0.206 e. The van der Waals surface area contributed by atoms with Crippen LogP contribution in [0.25, 0.3) is 5.52 Å². The molecule has 7 heteroatoms. The van der Waals surface area contributed by atoms with Crippen LogP contribution in [0.2, 0.25) is 0 Å². The highest BCUT2D eigenvalue weighted by molar-refractivity contribution is 7.91. The molecule has 0 bridgehead atoms. The summed E-state index contributed by atoms with van der Waals surface area (Å²) in [6.07, 6.45) is 3.92. The summed E-state index contributed by atoms with van der Waals surface area (Å²) in [6, 6.07) is 16.4. The van der Waals surface area contributed by atoms with Crippen LogP contribution < -0.4 is 5.32 Å². The van der Waals surface area contributed by atoms with Gasteiger partial charge in [0.25, 0.3) is 0 Å². The molecule has 0 amide bonds. The first kappa shape index (κ1) is 18.2. The summed E-state index contributed by atoms with van der Waals surface area (Å²) >= 11 is 0. The van der Waals surface area contributed by atoms with Gasteiger partial charge in [-0.1, -0.05) is 12.1 Å². The van der Waals surface area contributed by atoms with E-state index in [1.54, 1.807) is 12.1 Å². The maximum absolute atomic E-state index is 13.4. The largest absolute Gasteiger partial charge is 0.380 e. The molecule has 1 N–H and O–H groups in total. The Balaban J connectivity index is 1.51. The van der Waals surface area contributed by atoms with Crippen molar-refractivity contribution in [1.82, 2.24) is 4.40 Å². The van der Waals surface area contributed by atoms with Crippen LogP contribution in [0.1, 0.15) is 5.56 Å². The molecule has 4 rings (SSSR count). The molecule has 0 aliphatic heterocycles. The Morgan fingerprint density at radius 2 is 1.57 bits per heavy atom. The minimum absolute atomic E-state index is 0.0185. The molecule has 4 nitrogen and oxygen atoms in total. The van der Waals surface area contributed by atoms with Crippen molar-refractivity contribution >= 4 is 21.0 Å². The van der Waals surface area contributed by atoms with Crippen LogP contribution in [0.15, 0.2) is 88.9 Å². The predicted octanol–water partition coefficient (Wildman–Crippen LogP) is 4.66. The molecule has 0 aliphatic carbocycles. The van der Waals surface area contributed by atoms with Crippen molar-refractivity contribution in [3.05, 3.63) is 96.3 Å². The lowest BCUT2D eigenvalue weighted by Gasteiger charge is -2.09. The van der Waals surface area contributed by atoms with Crippen molar-refractivity contribution in [3.63, 3.8) is 0 Å². The maximum atomic E-state index is 13.4. The van der Waals surface area contributed by atoms with Crippen LogP contribution in [0.5, 0.6) is 0 Å². The van der Waals surface area contributed by atoms with Gasteiger partial charge in [-0.3, -0.25) is 0 Å². The van der Waals surface area contributed by atoms with Crippen molar-refractivity contribution in [1.29, 1.82) is 0 Å². The second-order valence-electron chi connectivity index (χ2n) is 6.36. The van der Waals surface area contributed by atoms with E-state index in [9.17, 15) is 17.2 Å². The van der Waals surface area contributed by atoms with Crippen molar-refractivity contribution in [3.8, 4) is 0 Å². The molecule has 0 fully saturated rings. The first-order valence-electron chi connectivity index (χ1n) is 8.52. The molecule has 0 saturated heterocycles. The third-order valence-electron chi connectivity index (χ3n) is 4.40. The normalized spacial score (nSPS) is 11.6. The van der Waals surface area contributed by atoms with E-state index in [-0.39, 0.29) is 4.90 Å². The van der Waals surface area contributed by atoms with Crippen LogP contribution in [-0.2, 0) is 16.4 Å². The number of aromatic nitrogens is 1. The molecule has 0 unspecified atom stereocenters. The van der Waals surface area contributed by atoms with Crippen LogP contribution >= 0.6 is 0 Å². The van der Waals surface area contributed by atoms with Gasteiger partial charge in [-0.25, -0.2) is 17.2 Å². The number of pyridine rings is 1. The van der Waals surface area contributed by atoms with Crippen molar-refractivity contribution in [2.45, 2.75) is 16.3 Å². The van der Waals surface area contributed by atoms with Gasteiger partial charge < -0.3 is 9.72 Å².